The van der Waals surface area contributed by atoms with Crippen molar-refractivity contribution in [3.05, 3.63) is 119 Å². The highest BCUT2D eigenvalue weighted by Crippen LogP contribution is 2.59. The number of fused-ring (bicyclic) bond motifs is 10. The topological polar surface area (TPSA) is 15.8 Å². The molecule has 1 heteroatoms. The summed E-state index contributed by atoms with van der Waals surface area (Å²) in [6.45, 7) is 9.68. The minimum Gasteiger partial charge on any atom is -0.355 e. The van der Waals surface area contributed by atoms with Crippen LogP contribution in [-0.2, 0) is 10.8 Å². The molecule has 0 bridgehead atoms. The third-order valence-electron chi connectivity index (χ3n) is 9.15. The molecule has 6 aromatic rings. The number of hydrogen-bond acceptors (Lipinski definition) is 0. The summed E-state index contributed by atoms with van der Waals surface area (Å²) in [5.74, 6) is 0. The lowest BCUT2D eigenvalue weighted by atomic mass is 9.72. The Kier molecular flexibility index (Phi) is 3.87. The van der Waals surface area contributed by atoms with Gasteiger partial charge in [-0.1, -0.05) is 100 Å². The van der Waals surface area contributed by atoms with E-state index in [1.807, 2.05) is 0 Å². The van der Waals surface area contributed by atoms with Crippen LogP contribution >= 0.6 is 0 Å². The van der Waals surface area contributed by atoms with Crippen molar-refractivity contribution in [2.45, 2.75) is 38.5 Å². The Labute approximate surface area is 217 Å². The van der Waals surface area contributed by atoms with Gasteiger partial charge in [-0.2, -0.15) is 0 Å². The van der Waals surface area contributed by atoms with Crippen molar-refractivity contribution < 1.29 is 0 Å². The smallest absolute Gasteiger partial charge is 0.0468 e. The highest BCUT2D eigenvalue weighted by Gasteiger charge is 2.46. The molecule has 178 valence electrons. The number of rotatable bonds is 1. The van der Waals surface area contributed by atoms with Crippen LogP contribution in [0.4, 0.5) is 0 Å². The van der Waals surface area contributed by atoms with Crippen molar-refractivity contribution in [2.75, 3.05) is 0 Å². The average Bonchev–Trinajstić information content (AvgIpc) is 3.47. The lowest BCUT2D eigenvalue weighted by molar-refractivity contribution is 0.601. The van der Waals surface area contributed by atoms with E-state index >= 15 is 0 Å². The Morgan fingerprint density at radius 3 is 1.84 bits per heavy atom. The van der Waals surface area contributed by atoms with Crippen LogP contribution in [0.3, 0.4) is 0 Å². The largest absolute Gasteiger partial charge is 0.355 e. The van der Waals surface area contributed by atoms with Gasteiger partial charge >= 0.3 is 0 Å². The number of para-hydroxylation sites is 1. The number of aromatic amines is 1. The second kappa shape index (κ2) is 6.81. The van der Waals surface area contributed by atoms with Gasteiger partial charge in [0.15, 0.2) is 0 Å². The summed E-state index contributed by atoms with van der Waals surface area (Å²) in [4.78, 5) is 3.68. The van der Waals surface area contributed by atoms with E-state index in [0.717, 1.165) is 0 Å². The Morgan fingerprint density at radius 2 is 1.08 bits per heavy atom. The van der Waals surface area contributed by atoms with Gasteiger partial charge in [-0.3, -0.25) is 0 Å². The molecule has 0 radical (unpaired) electrons. The van der Waals surface area contributed by atoms with E-state index < -0.39 is 0 Å². The molecule has 37 heavy (non-hydrogen) atoms. The monoisotopic (exact) mass is 475 g/mol. The van der Waals surface area contributed by atoms with Crippen molar-refractivity contribution in [1.29, 1.82) is 0 Å². The lowest BCUT2D eigenvalue weighted by Gasteiger charge is -2.30. The highest BCUT2D eigenvalue weighted by molar-refractivity contribution is 6.10. The van der Waals surface area contributed by atoms with Gasteiger partial charge in [-0.15, -0.1) is 0 Å². The third-order valence-corrected chi connectivity index (χ3v) is 9.15. The van der Waals surface area contributed by atoms with E-state index in [9.17, 15) is 0 Å². The first kappa shape index (κ1) is 21.0. The molecule has 0 unspecified atom stereocenters. The van der Waals surface area contributed by atoms with E-state index in [1.165, 1.54) is 77.4 Å². The maximum absolute atomic E-state index is 3.68. The fourth-order valence-corrected chi connectivity index (χ4v) is 7.36. The van der Waals surface area contributed by atoms with Crippen LogP contribution in [0.15, 0.2) is 97.1 Å². The van der Waals surface area contributed by atoms with E-state index in [4.69, 9.17) is 0 Å². The fraction of sp³-hybridized carbons (Fsp3) is 0.167. The maximum Gasteiger partial charge on any atom is 0.0468 e. The SMILES string of the molecule is CC1(C)c2cc(-c3ccccc3)ccc2-c2ccc3c(c21)C(C)(C)c1cc2[nH]c4ccccc4c2cc1-3. The molecule has 0 atom stereocenters. The number of nitrogens with one attached hydrogen (secondary N) is 1. The van der Waals surface area contributed by atoms with Crippen LogP contribution in [0.1, 0.15) is 49.9 Å². The molecular weight excluding hydrogens is 446 g/mol. The fourth-order valence-electron chi connectivity index (χ4n) is 7.36. The summed E-state index contributed by atoms with van der Waals surface area (Å²) in [6.07, 6.45) is 0. The third kappa shape index (κ3) is 2.59. The van der Waals surface area contributed by atoms with Crippen LogP contribution in [0.25, 0.3) is 55.2 Å². The molecule has 0 amide bonds. The molecule has 1 aromatic heterocycles. The normalized spacial score (nSPS) is 16.0. The van der Waals surface area contributed by atoms with Gasteiger partial charge in [-0.25, -0.2) is 0 Å². The van der Waals surface area contributed by atoms with Crippen molar-refractivity contribution in [3.63, 3.8) is 0 Å². The zero-order chi connectivity index (χ0) is 25.1. The second-order valence-corrected chi connectivity index (χ2v) is 11.9. The van der Waals surface area contributed by atoms with Crippen molar-refractivity contribution in [3.8, 4) is 33.4 Å². The van der Waals surface area contributed by atoms with Crippen LogP contribution in [-0.4, -0.2) is 4.98 Å². The van der Waals surface area contributed by atoms with Crippen molar-refractivity contribution in [1.82, 2.24) is 4.98 Å². The zero-order valence-electron chi connectivity index (χ0n) is 21.7. The Balaban J connectivity index is 1.38. The van der Waals surface area contributed by atoms with Gasteiger partial charge in [-0.05, 0) is 79.9 Å². The Morgan fingerprint density at radius 1 is 0.459 bits per heavy atom. The van der Waals surface area contributed by atoms with E-state index in [-0.39, 0.29) is 10.8 Å². The highest BCUT2D eigenvalue weighted by atomic mass is 14.7. The van der Waals surface area contributed by atoms with Gasteiger partial charge < -0.3 is 4.98 Å². The Bertz CT molecular complexity index is 1910. The number of aromatic nitrogens is 1. The molecule has 0 fully saturated rings. The predicted molar refractivity (Wildman–Crippen MR) is 156 cm³/mol. The van der Waals surface area contributed by atoms with E-state index in [1.54, 1.807) is 0 Å². The van der Waals surface area contributed by atoms with Crippen molar-refractivity contribution in [2.24, 2.45) is 0 Å². The second-order valence-electron chi connectivity index (χ2n) is 11.9. The first-order valence-electron chi connectivity index (χ1n) is 13.3. The molecule has 1 N–H and O–H groups in total. The van der Waals surface area contributed by atoms with Gasteiger partial charge in [0.25, 0.3) is 0 Å². The molecule has 8 rings (SSSR count). The molecule has 0 saturated heterocycles. The van der Waals surface area contributed by atoms with Crippen LogP contribution < -0.4 is 0 Å². The van der Waals surface area contributed by atoms with Gasteiger partial charge in [0.2, 0.25) is 0 Å². The van der Waals surface area contributed by atoms with Crippen LogP contribution in [0.5, 0.6) is 0 Å². The van der Waals surface area contributed by atoms with Crippen LogP contribution in [0, 0.1) is 0 Å². The first-order chi connectivity index (χ1) is 17.9. The summed E-state index contributed by atoms with van der Waals surface area (Å²) >= 11 is 0. The summed E-state index contributed by atoms with van der Waals surface area (Å²) in [7, 11) is 0. The lowest BCUT2D eigenvalue weighted by Crippen LogP contribution is -2.24. The Hall–Kier alpha value is -4.10. The number of H-pyrrole nitrogens is 1. The minimum absolute atomic E-state index is 0.0757. The van der Waals surface area contributed by atoms with E-state index in [2.05, 4.69) is 130 Å². The predicted octanol–water partition coefficient (Wildman–Crippen LogP) is 9.60. The number of benzene rings is 5. The molecule has 2 aliphatic carbocycles. The summed E-state index contributed by atoms with van der Waals surface area (Å²) in [6, 6.07) is 36.1. The average molecular weight is 476 g/mol. The summed E-state index contributed by atoms with van der Waals surface area (Å²) in [5, 5.41) is 2.61. The maximum atomic E-state index is 3.68. The molecule has 0 saturated carbocycles. The molecule has 1 nitrogen and oxygen atoms in total. The van der Waals surface area contributed by atoms with E-state index in [0.29, 0.717) is 0 Å². The summed E-state index contributed by atoms with van der Waals surface area (Å²) < 4.78 is 0. The zero-order valence-corrected chi connectivity index (χ0v) is 21.7. The molecule has 0 spiro atoms. The van der Waals surface area contributed by atoms with Gasteiger partial charge in [0.1, 0.15) is 0 Å². The molecule has 1 heterocycles. The number of hydrogen-bond donors (Lipinski definition) is 1. The first-order valence-corrected chi connectivity index (χ1v) is 13.3. The quantitative estimate of drug-likeness (QED) is 0.244. The standard InChI is InChI=1S/C36H29N/c1-35(2)29-18-22(21-10-6-5-7-11-21)14-15-23(29)25-16-17-26-27-19-28-24-12-8-9-13-31(24)37-32(28)20-30(27)36(3,4)34(26)33(25)35/h5-20,37H,1-4H3. The summed E-state index contributed by atoms with van der Waals surface area (Å²) in [5.41, 5.74) is 16.3. The van der Waals surface area contributed by atoms with Crippen molar-refractivity contribution >= 4 is 21.8 Å². The van der Waals surface area contributed by atoms with Gasteiger partial charge in [0.05, 0.1) is 0 Å². The molecular formula is C36H29N. The molecule has 0 aliphatic heterocycles. The van der Waals surface area contributed by atoms with Crippen LogP contribution in [0.2, 0.25) is 0 Å². The molecule has 2 aliphatic rings. The molecule has 5 aromatic carbocycles. The minimum atomic E-state index is -0.0803. The van der Waals surface area contributed by atoms with Gasteiger partial charge in [0, 0.05) is 32.6 Å².